The maximum absolute atomic E-state index is 5.68. The summed E-state index contributed by atoms with van der Waals surface area (Å²) >= 11 is -1.58. The van der Waals surface area contributed by atoms with Crippen molar-refractivity contribution in [2.45, 2.75) is 107 Å². The van der Waals surface area contributed by atoms with Crippen LogP contribution < -0.4 is 4.46 Å². The van der Waals surface area contributed by atoms with E-state index in [0.717, 1.165) is 22.5 Å². The second kappa shape index (κ2) is 16.1. The van der Waals surface area contributed by atoms with Gasteiger partial charge in [-0.15, -0.1) is 0 Å². The number of benzene rings is 1. The fraction of sp³-hybridized carbons (Fsp3) is 0.769. The molecule has 1 atom stereocenters. The molecule has 0 bridgehead atoms. The van der Waals surface area contributed by atoms with Crippen LogP contribution in [0.3, 0.4) is 0 Å². The minimum atomic E-state index is -2.22. The Kier molecular flexibility index (Phi) is 14.4. The SMILES string of the molecule is CCC[CH2][Sn]([CH2]CCC)([CH2]CCC)[CH](CCCCC1OCCO1)[Se]c1ccccc1. The van der Waals surface area contributed by atoms with Gasteiger partial charge in [0.15, 0.2) is 0 Å². The summed E-state index contributed by atoms with van der Waals surface area (Å²) in [6.45, 7) is 8.77. The normalized spacial score (nSPS) is 16.2. The number of unbranched alkanes of at least 4 members (excludes halogenated alkanes) is 4. The van der Waals surface area contributed by atoms with E-state index in [1.54, 1.807) is 17.8 Å². The molecule has 1 saturated heterocycles. The standard InChI is InChI=1S/C14H19O2Se.3C4H9.Sn/c1-3-7-13(8-4-1)17-12-6-2-5-9-14-15-10-11-16-14;3*1-3-4-2;/h1,3-4,7-8,12,14H,2,5-6,9-11H2;3*1,3-4H2,2H3;. The monoisotopic (exact) mass is 590 g/mol. The first-order chi connectivity index (χ1) is 14.7. The van der Waals surface area contributed by atoms with Gasteiger partial charge in [0, 0.05) is 0 Å². The van der Waals surface area contributed by atoms with Crippen LogP contribution in [0.2, 0.25) is 16.1 Å². The summed E-state index contributed by atoms with van der Waals surface area (Å²) in [6, 6.07) is 11.5. The van der Waals surface area contributed by atoms with Crippen LogP contribution in [-0.2, 0) is 9.47 Å². The predicted octanol–water partition coefficient (Wildman–Crippen LogP) is 7.13. The van der Waals surface area contributed by atoms with E-state index in [9.17, 15) is 0 Å². The molecule has 1 aromatic carbocycles. The van der Waals surface area contributed by atoms with E-state index in [-0.39, 0.29) is 6.29 Å². The molecular weight excluding hydrogens is 542 g/mol. The fourth-order valence-corrected chi connectivity index (χ4v) is 34.3. The van der Waals surface area contributed by atoms with Crippen molar-refractivity contribution in [1.29, 1.82) is 0 Å². The Balaban J connectivity index is 2.12. The summed E-state index contributed by atoms with van der Waals surface area (Å²) in [5, 5.41) is 0. The van der Waals surface area contributed by atoms with Gasteiger partial charge in [0.25, 0.3) is 0 Å². The molecule has 1 heterocycles. The Morgan fingerprint density at radius 3 is 1.93 bits per heavy atom. The molecule has 4 heteroatoms. The molecule has 1 aliphatic heterocycles. The van der Waals surface area contributed by atoms with Crippen LogP contribution in [0.4, 0.5) is 0 Å². The first-order valence-electron chi connectivity index (χ1n) is 12.7. The first-order valence-corrected chi connectivity index (χ1v) is 22.2. The first kappa shape index (κ1) is 26.7. The summed E-state index contributed by atoms with van der Waals surface area (Å²) in [5.74, 6) is 0. The number of hydrogen-bond acceptors (Lipinski definition) is 2. The zero-order chi connectivity index (χ0) is 21.5. The second-order valence-electron chi connectivity index (χ2n) is 9.05. The summed E-state index contributed by atoms with van der Waals surface area (Å²) in [6.07, 6.45) is 13.8. The molecule has 2 nitrogen and oxygen atoms in total. The molecule has 172 valence electrons. The van der Waals surface area contributed by atoms with Gasteiger partial charge < -0.3 is 0 Å². The molecular formula is C26H46O2SeSn. The maximum atomic E-state index is 5.68. The third kappa shape index (κ3) is 9.53. The van der Waals surface area contributed by atoms with Gasteiger partial charge in [-0.1, -0.05) is 0 Å². The average Bonchev–Trinajstić information content (AvgIpc) is 3.30. The van der Waals surface area contributed by atoms with E-state index in [1.165, 1.54) is 57.8 Å². The molecule has 0 saturated carbocycles. The predicted molar refractivity (Wildman–Crippen MR) is 135 cm³/mol. The van der Waals surface area contributed by atoms with Crippen molar-refractivity contribution >= 4 is 37.8 Å². The van der Waals surface area contributed by atoms with Crippen molar-refractivity contribution < 1.29 is 9.47 Å². The van der Waals surface area contributed by atoms with Crippen molar-refractivity contribution in [3.8, 4) is 0 Å². The summed E-state index contributed by atoms with van der Waals surface area (Å²) in [4.78, 5) is 0. The number of hydrogen-bond donors (Lipinski definition) is 0. The zero-order valence-electron chi connectivity index (χ0n) is 19.9. The van der Waals surface area contributed by atoms with Crippen LogP contribution in [0, 0.1) is 0 Å². The molecule has 0 spiro atoms. The van der Waals surface area contributed by atoms with Crippen molar-refractivity contribution in [2.24, 2.45) is 0 Å². The Bertz CT molecular complexity index is 511. The molecule has 0 aliphatic carbocycles. The van der Waals surface area contributed by atoms with Gasteiger partial charge in [-0.3, -0.25) is 0 Å². The van der Waals surface area contributed by atoms with Gasteiger partial charge in [-0.05, 0) is 0 Å². The van der Waals surface area contributed by atoms with Gasteiger partial charge in [0.1, 0.15) is 0 Å². The average molecular weight is 588 g/mol. The Hall–Kier alpha value is 0.458. The topological polar surface area (TPSA) is 18.5 Å². The third-order valence-electron chi connectivity index (χ3n) is 6.64. The summed E-state index contributed by atoms with van der Waals surface area (Å²) in [5.41, 5.74) is 0. The number of rotatable bonds is 17. The van der Waals surface area contributed by atoms with E-state index in [2.05, 4.69) is 51.1 Å². The van der Waals surface area contributed by atoms with Gasteiger partial charge in [-0.25, -0.2) is 0 Å². The molecule has 0 N–H and O–H groups in total. The van der Waals surface area contributed by atoms with Crippen molar-refractivity contribution in [2.75, 3.05) is 13.2 Å². The second-order valence-corrected chi connectivity index (χ2v) is 28.4. The Morgan fingerprint density at radius 1 is 0.833 bits per heavy atom. The molecule has 1 unspecified atom stereocenters. The van der Waals surface area contributed by atoms with Crippen LogP contribution in [-0.4, -0.2) is 52.8 Å². The number of ether oxygens (including phenoxy) is 2. The molecule has 0 radical (unpaired) electrons. The fourth-order valence-electron chi connectivity index (χ4n) is 4.81. The third-order valence-corrected chi connectivity index (χ3v) is 33.9. The van der Waals surface area contributed by atoms with Gasteiger partial charge in [0.05, 0.1) is 0 Å². The van der Waals surface area contributed by atoms with Crippen LogP contribution in [0.5, 0.6) is 0 Å². The van der Waals surface area contributed by atoms with Crippen LogP contribution in [0.15, 0.2) is 30.3 Å². The molecule has 1 aliphatic rings. The minimum absolute atomic E-state index is 0.0802. The quantitative estimate of drug-likeness (QED) is 0.143. The van der Waals surface area contributed by atoms with Crippen LogP contribution in [0.1, 0.15) is 85.0 Å². The van der Waals surface area contributed by atoms with E-state index in [1.807, 2.05) is 0 Å². The van der Waals surface area contributed by atoms with Gasteiger partial charge >= 0.3 is 198 Å². The molecule has 0 amide bonds. The van der Waals surface area contributed by atoms with E-state index >= 15 is 0 Å². The van der Waals surface area contributed by atoms with Crippen molar-refractivity contribution in [1.82, 2.24) is 0 Å². The van der Waals surface area contributed by atoms with Gasteiger partial charge in [0.2, 0.25) is 0 Å². The molecule has 1 fully saturated rings. The molecule has 30 heavy (non-hydrogen) atoms. The zero-order valence-corrected chi connectivity index (χ0v) is 24.4. The van der Waals surface area contributed by atoms with Crippen LogP contribution in [0.25, 0.3) is 0 Å². The molecule has 1 aromatic rings. The van der Waals surface area contributed by atoms with Gasteiger partial charge in [-0.2, -0.15) is 0 Å². The van der Waals surface area contributed by atoms with E-state index < -0.39 is 18.4 Å². The van der Waals surface area contributed by atoms with Crippen LogP contribution >= 0.6 is 0 Å². The van der Waals surface area contributed by atoms with E-state index in [4.69, 9.17) is 9.47 Å². The summed E-state index contributed by atoms with van der Waals surface area (Å²) < 4.78 is 19.0. The van der Waals surface area contributed by atoms with Crippen molar-refractivity contribution in [3.05, 3.63) is 30.3 Å². The molecule has 2 rings (SSSR count). The Morgan fingerprint density at radius 2 is 1.40 bits per heavy atom. The summed E-state index contributed by atoms with van der Waals surface area (Å²) in [7, 11) is 0. The van der Waals surface area contributed by atoms with E-state index in [0.29, 0.717) is 15.0 Å². The molecule has 0 aromatic heterocycles. The van der Waals surface area contributed by atoms with Crippen molar-refractivity contribution in [3.63, 3.8) is 0 Å². The Labute approximate surface area is 197 Å².